The molecule has 0 radical (unpaired) electrons. The molecule has 3 heterocycles. The van der Waals surface area contributed by atoms with Crippen molar-refractivity contribution in [1.29, 1.82) is 0 Å². The van der Waals surface area contributed by atoms with E-state index in [1.54, 1.807) is 10.9 Å². The minimum Gasteiger partial charge on any atom is -0.486 e. The summed E-state index contributed by atoms with van der Waals surface area (Å²) in [6, 6.07) is 12.7. The predicted molar refractivity (Wildman–Crippen MR) is 140 cm³/mol. The number of rotatable bonds is 7. The molecular weight excluding hydrogens is 456 g/mol. The highest BCUT2D eigenvalue weighted by atomic mass is 16.5. The summed E-state index contributed by atoms with van der Waals surface area (Å²) >= 11 is 0. The fourth-order valence-electron chi connectivity index (χ4n) is 4.14. The lowest BCUT2D eigenvalue weighted by molar-refractivity contribution is 0.119. The van der Waals surface area contributed by atoms with E-state index >= 15 is 0 Å². The van der Waals surface area contributed by atoms with Crippen LogP contribution in [0.4, 0.5) is 5.82 Å². The Bertz CT molecular complexity index is 1620. The third-order valence-corrected chi connectivity index (χ3v) is 6.06. The van der Waals surface area contributed by atoms with Gasteiger partial charge in [0.25, 0.3) is 5.56 Å². The first-order valence-corrected chi connectivity index (χ1v) is 11.7. The highest BCUT2D eigenvalue weighted by Gasteiger charge is 2.22. The zero-order chi connectivity index (χ0) is 25.4. The maximum atomic E-state index is 13.9. The highest BCUT2D eigenvalue weighted by Crippen LogP contribution is 2.26. The number of aromatic nitrogens is 6. The normalized spacial score (nSPS) is 12.7. The van der Waals surface area contributed by atoms with Crippen LogP contribution in [0.5, 0.6) is 5.75 Å². The van der Waals surface area contributed by atoms with Gasteiger partial charge in [-0.05, 0) is 51.5 Å². The summed E-state index contributed by atoms with van der Waals surface area (Å²) in [4.78, 5) is 34.7. The van der Waals surface area contributed by atoms with Gasteiger partial charge in [0.1, 0.15) is 29.0 Å². The molecule has 0 spiro atoms. The first kappa shape index (κ1) is 23.4. The summed E-state index contributed by atoms with van der Waals surface area (Å²) < 4.78 is 7.72. The second kappa shape index (κ2) is 9.04. The second-order valence-electron chi connectivity index (χ2n) is 9.33. The molecule has 1 atom stereocenters. The minimum atomic E-state index is -0.554. The lowest BCUT2D eigenvalue weighted by atomic mass is 10.1. The van der Waals surface area contributed by atoms with Crippen LogP contribution in [0.3, 0.4) is 0 Å². The predicted octanol–water partition coefficient (Wildman–Crippen LogP) is 3.65. The Morgan fingerprint density at radius 1 is 1.17 bits per heavy atom. The zero-order valence-corrected chi connectivity index (χ0v) is 20.6. The van der Waals surface area contributed by atoms with E-state index < -0.39 is 11.6 Å². The number of benzene rings is 2. The maximum Gasteiger partial charge on any atom is 0.266 e. The molecule has 0 aliphatic heterocycles. The summed E-state index contributed by atoms with van der Waals surface area (Å²) in [6.45, 7) is 8.03. The van der Waals surface area contributed by atoms with E-state index in [-0.39, 0.29) is 5.56 Å². The summed E-state index contributed by atoms with van der Waals surface area (Å²) in [6.07, 6.45) is 3.01. The molecule has 0 fully saturated rings. The zero-order valence-electron chi connectivity index (χ0n) is 20.6. The maximum absolute atomic E-state index is 13.9. The van der Waals surface area contributed by atoms with Crippen molar-refractivity contribution in [2.24, 2.45) is 5.73 Å². The molecular formula is C26H28N8O2. The number of ether oxygens (including phenoxy) is 1. The molecule has 1 unspecified atom stereocenters. The molecule has 4 N–H and O–H groups in total. The number of nitrogens with zero attached hydrogens (tertiary/aromatic N) is 5. The van der Waals surface area contributed by atoms with E-state index in [0.29, 0.717) is 51.7 Å². The average molecular weight is 485 g/mol. The Morgan fingerprint density at radius 3 is 2.78 bits per heavy atom. The van der Waals surface area contributed by atoms with Gasteiger partial charge in [0.15, 0.2) is 11.5 Å². The molecule has 0 bridgehead atoms. The average Bonchev–Trinajstić information content (AvgIpc) is 3.34. The van der Waals surface area contributed by atoms with Gasteiger partial charge in [0.05, 0.1) is 29.0 Å². The van der Waals surface area contributed by atoms with Gasteiger partial charge in [0, 0.05) is 12.6 Å². The Kier molecular flexibility index (Phi) is 5.89. The Balaban J connectivity index is 1.67. The Labute approximate surface area is 207 Å². The summed E-state index contributed by atoms with van der Waals surface area (Å²) in [5.74, 6) is 1.71. The summed E-state index contributed by atoms with van der Waals surface area (Å²) in [5.41, 5.74) is 8.50. The van der Waals surface area contributed by atoms with Gasteiger partial charge in [-0.2, -0.15) is 0 Å². The first-order chi connectivity index (χ1) is 17.3. The van der Waals surface area contributed by atoms with Crippen LogP contribution in [0.25, 0.3) is 27.8 Å². The van der Waals surface area contributed by atoms with Gasteiger partial charge < -0.3 is 20.8 Å². The molecule has 36 heavy (non-hydrogen) atoms. The molecule has 0 saturated carbocycles. The number of H-pyrrole nitrogens is 1. The summed E-state index contributed by atoms with van der Waals surface area (Å²) in [5, 5.41) is 3.94. The fraction of sp³-hybridized carbons (Fsp3) is 0.269. The lowest BCUT2D eigenvalue weighted by Crippen LogP contribution is -2.37. The van der Waals surface area contributed by atoms with Crippen LogP contribution < -0.4 is 21.3 Å². The largest absolute Gasteiger partial charge is 0.486 e. The molecule has 0 amide bonds. The molecule has 5 aromatic rings. The molecule has 184 valence electrons. The number of fused-ring (bicyclic) bond motifs is 2. The number of anilines is 1. The van der Waals surface area contributed by atoms with E-state index in [1.807, 2.05) is 70.2 Å². The number of imidazole rings is 1. The van der Waals surface area contributed by atoms with Crippen molar-refractivity contribution in [3.05, 3.63) is 76.9 Å². The standard InChI is InChI=1S/C26H28N8O2/c1-15-7-5-10-19-20(15)25(35)34(17-8-6-9-18(11-17)36-26(3,4)12-27)24(33-19)16(2)32-23-21-22(29-13-28-21)30-14-31-23/h5-11,13-14,16H,12,27H2,1-4H3,(H2,28,29,30,31,32). The summed E-state index contributed by atoms with van der Waals surface area (Å²) in [7, 11) is 0. The van der Waals surface area contributed by atoms with Gasteiger partial charge in [0.2, 0.25) is 0 Å². The lowest BCUT2D eigenvalue weighted by Gasteiger charge is -2.25. The molecule has 0 aliphatic rings. The molecule has 0 saturated heterocycles. The number of hydrogen-bond acceptors (Lipinski definition) is 8. The molecule has 2 aromatic carbocycles. The van der Waals surface area contributed by atoms with Crippen LogP contribution >= 0.6 is 0 Å². The van der Waals surface area contributed by atoms with Crippen LogP contribution in [0.1, 0.15) is 38.2 Å². The van der Waals surface area contributed by atoms with E-state index in [1.165, 1.54) is 6.33 Å². The van der Waals surface area contributed by atoms with Crippen molar-refractivity contribution in [3.8, 4) is 11.4 Å². The van der Waals surface area contributed by atoms with Gasteiger partial charge in [-0.1, -0.05) is 18.2 Å². The van der Waals surface area contributed by atoms with Crippen molar-refractivity contribution in [2.75, 3.05) is 11.9 Å². The molecule has 5 rings (SSSR count). The third kappa shape index (κ3) is 4.27. The smallest absolute Gasteiger partial charge is 0.266 e. The van der Waals surface area contributed by atoms with E-state index in [2.05, 4.69) is 25.3 Å². The quantitative estimate of drug-likeness (QED) is 0.318. The number of aromatic amines is 1. The fourth-order valence-corrected chi connectivity index (χ4v) is 4.14. The van der Waals surface area contributed by atoms with Crippen molar-refractivity contribution < 1.29 is 4.74 Å². The minimum absolute atomic E-state index is 0.161. The van der Waals surface area contributed by atoms with Gasteiger partial charge >= 0.3 is 0 Å². The molecule has 3 aromatic heterocycles. The molecule has 10 nitrogen and oxygen atoms in total. The highest BCUT2D eigenvalue weighted by molar-refractivity contribution is 5.83. The van der Waals surface area contributed by atoms with E-state index in [0.717, 1.165) is 5.56 Å². The van der Waals surface area contributed by atoms with Crippen LogP contribution in [0, 0.1) is 6.92 Å². The monoisotopic (exact) mass is 484 g/mol. The third-order valence-electron chi connectivity index (χ3n) is 6.06. The van der Waals surface area contributed by atoms with Gasteiger partial charge in [-0.25, -0.2) is 19.9 Å². The van der Waals surface area contributed by atoms with Crippen molar-refractivity contribution in [3.63, 3.8) is 0 Å². The van der Waals surface area contributed by atoms with E-state index in [9.17, 15) is 4.79 Å². The number of nitrogens with one attached hydrogen (secondary N) is 2. The topological polar surface area (TPSA) is 137 Å². The molecule has 10 heteroatoms. The second-order valence-corrected chi connectivity index (χ2v) is 9.33. The SMILES string of the molecule is Cc1cccc2nc(C(C)Nc3ncnc4nc[nH]c34)n(-c3cccc(OC(C)(C)CN)c3)c(=O)c12. The Hall–Kier alpha value is -4.31. The van der Waals surface area contributed by atoms with Crippen molar-refractivity contribution in [1.82, 2.24) is 29.5 Å². The van der Waals surface area contributed by atoms with Crippen LogP contribution in [0.2, 0.25) is 0 Å². The van der Waals surface area contributed by atoms with Crippen LogP contribution in [-0.2, 0) is 0 Å². The van der Waals surface area contributed by atoms with Crippen LogP contribution in [-0.4, -0.2) is 41.6 Å². The van der Waals surface area contributed by atoms with Gasteiger partial charge in [-0.3, -0.25) is 9.36 Å². The number of aryl methyl sites for hydroxylation is 1. The van der Waals surface area contributed by atoms with Crippen molar-refractivity contribution >= 4 is 27.9 Å². The van der Waals surface area contributed by atoms with Gasteiger partial charge in [-0.15, -0.1) is 0 Å². The molecule has 0 aliphatic carbocycles. The first-order valence-electron chi connectivity index (χ1n) is 11.7. The van der Waals surface area contributed by atoms with E-state index in [4.69, 9.17) is 15.5 Å². The Morgan fingerprint density at radius 2 is 1.97 bits per heavy atom. The van der Waals surface area contributed by atoms with Crippen molar-refractivity contribution in [2.45, 2.75) is 39.3 Å². The van der Waals surface area contributed by atoms with Crippen LogP contribution in [0.15, 0.2) is 59.9 Å². The number of nitrogens with two attached hydrogens (primary N) is 1. The number of hydrogen-bond donors (Lipinski definition) is 3.